The number of ether oxygens (including phenoxy) is 1. The van der Waals surface area contributed by atoms with E-state index in [9.17, 15) is 18.0 Å². The van der Waals surface area contributed by atoms with E-state index in [1.54, 1.807) is 0 Å². The molecule has 1 aromatic carbocycles. The van der Waals surface area contributed by atoms with E-state index in [4.69, 9.17) is 4.74 Å². The van der Waals surface area contributed by atoms with Gasteiger partial charge in [-0.2, -0.15) is 13.2 Å². The normalized spacial score (nSPS) is 18.3. The van der Waals surface area contributed by atoms with Gasteiger partial charge in [0.2, 0.25) is 0 Å². The Morgan fingerprint density at radius 3 is 2.69 bits per heavy atom. The third kappa shape index (κ3) is 5.16. The first-order valence-electron chi connectivity index (χ1n) is 10.3. The minimum atomic E-state index is -4.47. The molecule has 2 unspecified atom stereocenters. The zero-order valence-corrected chi connectivity index (χ0v) is 18.0. The van der Waals surface area contributed by atoms with Gasteiger partial charge >= 0.3 is 6.18 Å². The van der Waals surface area contributed by atoms with E-state index in [0.717, 1.165) is 43.9 Å². The summed E-state index contributed by atoms with van der Waals surface area (Å²) in [4.78, 5) is 22.2. The number of rotatable bonds is 7. The summed E-state index contributed by atoms with van der Waals surface area (Å²) in [5, 5.41) is 2.52. The van der Waals surface area contributed by atoms with E-state index in [1.165, 1.54) is 23.6 Å². The van der Waals surface area contributed by atoms with Gasteiger partial charge in [-0.25, -0.2) is 4.98 Å². The average molecular weight is 462 g/mol. The van der Waals surface area contributed by atoms with Gasteiger partial charge in [-0.05, 0) is 43.7 Å². The highest BCUT2D eigenvalue weighted by Crippen LogP contribution is 2.36. The van der Waals surface area contributed by atoms with Gasteiger partial charge in [-0.1, -0.05) is 24.6 Å². The van der Waals surface area contributed by atoms with Crippen molar-refractivity contribution in [2.75, 3.05) is 13.2 Å². The first kappa shape index (κ1) is 22.4. The maximum Gasteiger partial charge on any atom is 0.433 e. The van der Waals surface area contributed by atoms with E-state index in [2.05, 4.69) is 14.9 Å². The minimum absolute atomic E-state index is 0.0502. The van der Waals surface area contributed by atoms with E-state index in [1.807, 2.05) is 35.7 Å². The fourth-order valence-electron chi connectivity index (χ4n) is 3.84. The lowest BCUT2D eigenvalue weighted by Gasteiger charge is -2.38. The number of likely N-dealkylation sites (tertiary alicyclic amines) is 1. The van der Waals surface area contributed by atoms with E-state index < -0.39 is 17.9 Å². The molecule has 4 rings (SSSR count). The number of benzene rings is 1. The topological polar surface area (TPSA) is 55.3 Å². The van der Waals surface area contributed by atoms with Crippen molar-refractivity contribution >= 4 is 17.6 Å². The number of carbonyl (C=O) groups excluding carboxylic acids is 1. The second-order valence-corrected chi connectivity index (χ2v) is 8.44. The second-order valence-electron chi connectivity index (χ2n) is 7.58. The predicted octanol–water partition coefficient (Wildman–Crippen LogP) is 5.40. The van der Waals surface area contributed by atoms with Gasteiger partial charge in [0, 0.05) is 17.1 Å². The van der Waals surface area contributed by atoms with E-state index in [-0.39, 0.29) is 12.6 Å². The minimum Gasteiger partial charge on any atom is -0.491 e. The molecule has 0 spiro atoms. The molecule has 2 atom stereocenters. The molecule has 1 saturated heterocycles. The average Bonchev–Trinajstić information content (AvgIpc) is 3.30. The van der Waals surface area contributed by atoms with Crippen molar-refractivity contribution in [3.8, 4) is 16.3 Å². The molecular formula is C23H22F3N3O2S. The summed E-state index contributed by atoms with van der Waals surface area (Å²) in [5.74, 6) is 0.707. The lowest BCUT2D eigenvalue weighted by molar-refractivity contribution is -0.141. The molecule has 0 aliphatic carbocycles. The van der Waals surface area contributed by atoms with Crippen molar-refractivity contribution < 1.29 is 22.7 Å². The van der Waals surface area contributed by atoms with Crippen LogP contribution in [0.25, 0.3) is 10.6 Å². The molecule has 3 heterocycles. The summed E-state index contributed by atoms with van der Waals surface area (Å²) >= 11 is 1.36. The number of halogens is 3. The van der Waals surface area contributed by atoms with Crippen LogP contribution in [0.2, 0.25) is 0 Å². The highest BCUT2D eigenvalue weighted by Gasteiger charge is 2.33. The molecule has 168 valence electrons. The Kier molecular flexibility index (Phi) is 6.86. The first-order valence-corrected chi connectivity index (χ1v) is 11.2. The Balaban J connectivity index is 1.50. The molecule has 1 fully saturated rings. The van der Waals surface area contributed by atoms with Crippen LogP contribution in [0.4, 0.5) is 13.2 Å². The molecule has 1 aliphatic rings. The Hall–Kier alpha value is -2.78. The molecule has 5 nitrogen and oxygen atoms in total. The molecule has 1 aliphatic heterocycles. The number of carbonyl (C=O) groups is 1. The summed E-state index contributed by atoms with van der Waals surface area (Å²) in [7, 11) is 0. The molecule has 32 heavy (non-hydrogen) atoms. The fourth-order valence-corrected chi connectivity index (χ4v) is 4.70. The summed E-state index contributed by atoms with van der Waals surface area (Å²) in [6.07, 6.45) is 0.484. The van der Waals surface area contributed by atoms with Crippen LogP contribution in [-0.2, 0) is 11.0 Å². The predicted molar refractivity (Wildman–Crippen MR) is 115 cm³/mol. The van der Waals surface area contributed by atoms with Gasteiger partial charge < -0.3 is 9.53 Å². The van der Waals surface area contributed by atoms with Gasteiger partial charge in [0.05, 0.1) is 11.7 Å². The summed E-state index contributed by atoms with van der Waals surface area (Å²) in [5.41, 5.74) is 0.427. The zero-order chi connectivity index (χ0) is 22.6. The molecule has 0 bridgehead atoms. The quantitative estimate of drug-likeness (QED) is 0.441. The van der Waals surface area contributed by atoms with Crippen LogP contribution in [0, 0.1) is 0 Å². The zero-order valence-electron chi connectivity index (χ0n) is 17.2. The molecule has 0 saturated carbocycles. The van der Waals surface area contributed by atoms with Crippen LogP contribution < -0.4 is 4.74 Å². The smallest absolute Gasteiger partial charge is 0.433 e. The molecule has 3 aromatic rings. The van der Waals surface area contributed by atoms with Crippen molar-refractivity contribution in [3.05, 3.63) is 65.4 Å². The van der Waals surface area contributed by atoms with Crippen molar-refractivity contribution in [1.82, 2.24) is 14.9 Å². The second kappa shape index (κ2) is 9.79. The maximum absolute atomic E-state index is 12.8. The largest absolute Gasteiger partial charge is 0.491 e. The van der Waals surface area contributed by atoms with Crippen LogP contribution in [0.5, 0.6) is 5.75 Å². The Morgan fingerprint density at radius 2 is 2.00 bits per heavy atom. The standard InChI is InChI=1S/C23H22F3N3O2S/c24-23(25,26)21-10-9-16(12-27-21)22-28-19(15-32-22)20-8-4-5-11-29(20)17(13-30)14-31-18-6-2-1-3-7-18/h1-3,6-7,9-10,12-13,15,17,20H,4-5,8,11,14H2. The lowest BCUT2D eigenvalue weighted by Crippen LogP contribution is -2.45. The summed E-state index contributed by atoms with van der Waals surface area (Å²) in [6.45, 7) is 0.991. The number of para-hydroxylation sites is 1. The highest BCUT2D eigenvalue weighted by atomic mass is 32.1. The number of aromatic nitrogens is 2. The van der Waals surface area contributed by atoms with Gasteiger partial charge in [0.15, 0.2) is 0 Å². The SMILES string of the molecule is O=CC(COc1ccccc1)N1CCCCC1c1csc(-c2ccc(C(F)(F)F)nc2)n1. The van der Waals surface area contributed by atoms with Crippen LogP contribution in [0.15, 0.2) is 54.0 Å². The first-order chi connectivity index (χ1) is 15.5. The molecule has 9 heteroatoms. The maximum atomic E-state index is 12.8. The van der Waals surface area contributed by atoms with Gasteiger partial charge in [-0.15, -0.1) is 11.3 Å². The van der Waals surface area contributed by atoms with Gasteiger partial charge in [-0.3, -0.25) is 9.88 Å². The van der Waals surface area contributed by atoms with Crippen molar-refractivity contribution in [1.29, 1.82) is 0 Å². The molecule has 0 radical (unpaired) electrons. The number of piperidine rings is 1. The third-order valence-corrected chi connectivity index (χ3v) is 6.37. The van der Waals surface area contributed by atoms with Crippen LogP contribution in [0.1, 0.15) is 36.7 Å². The number of hydrogen-bond acceptors (Lipinski definition) is 6. The molecule has 2 aromatic heterocycles. The number of alkyl halides is 3. The summed E-state index contributed by atoms with van der Waals surface area (Å²) < 4.78 is 44.1. The van der Waals surface area contributed by atoms with Crippen LogP contribution in [-0.4, -0.2) is 40.3 Å². The molecule has 0 amide bonds. The van der Waals surface area contributed by atoms with Gasteiger partial charge in [0.25, 0.3) is 0 Å². The number of thiazole rings is 1. The Labute approximate surface area is 187 Å². The number of nitrogens with zero attached hydrogens (tertiary/aromatic N) is 3. The number of pyridine rings is 1. The van der Waals surface area contributed by atoms with Crippen molar-refractivity contribution in [2.24, 2.45) is 0 Å². The van der Waals surface area contributed by atoms with Crippen LogP contribution >= 0.6 is 11.3 Å². The Bertz CT molecular complexity index is 1020. The third-order valence-electron chi connectivity index (χ3n) is 5.46. The summed E-state index contributed by atoms with van der Waals surface area (Å²) in [6, 6.07) is 11.2. The lowest BCUT2D eigenvalue weighted by atomic mass is 9.98. The van der Waals surface area contributed by atoms with Crippen LogP contribution in [0.3, 0.4) is 0 Å². The van der Waals surface area contributed by atoms with Crippen molar-refractivity contribution in [2.45, 2.75) is 37.5 Å². The van der Waals surface area contributed by atoms with E-state index >= 15 is 0 Å². The van der Waals surface area contributed by atoms with E-state index in [0.29, 0.717) is 16.3 Å². The monoisotopic (exact) mass is 461 g/mol. The fraction of sp³-hybridized carbons (Fsp3) is 0.348. The Morgan fingerprint density at radius 1 is 1.19 bits per heavy atom. The molecule has 0 N–H and O–H groups in total. The molecular weight excluding hydrogens is 439 g/mol. The van der Waals surface area contributed by atoms with Crippen molar-refractivity contribution in [3.63, 3.8) is 0 Å². The number of hydrogen-bond donors (Lipinski definition) is 0. The van der Waals surface area contributed by atoms with Gasteiger partial charge in [0.1, 0.15) is 35.4 Å². The number of aldehydes is 1. The highest BCUT2D eigenvalue weighted by molar-refractivity contribution is 7.13.